The Hall–Kier alpha value is -0.0800. The van der Waals surface area contributed by atoms with Gasteiger partial charge in [0.05, 0.1) is 0 Å². The van der Waals surface area contributed by atoms with E-state index in [4.69, 9.17) is 5.26 Å². The van der Waals surface area contributed by atoms with Crippen LogP contribution >= 0.6 is 6.81 Å². The Balaban J connectivity index is 3.79. The van der Waals surface area contributed by atoms with Gasteiger partial charge in [-0.05, 0) is 0 Å². The molecule has 0 aromatic rings. The molecule has 24 valence electrons. The van der Waals surface area contributed by atoms with Crippen LogP contribution in [0.3, 0.4) is 0 Å². The van der Waals surface area contributed by atoms with Crippen LogP contribution in [-0.2, 0) is 11.8 Å². The summed E-state index contributed by atoms with van der Waals surface area (Å²) in [5.41, 5.74) is 2.20. The molecule has 0 rings (SSSR count). The van der Waals surface area contributed by atoms with Gasteiger partial charge in [-0.2, -0.15) is 0 Å². The van der Waals surface area contributed by atoms with Gasteiger partial charge in [0, 0.05) is 0 Å². The zero-order valence-electron chi connectivity index (χ0n) is 2.30. The van der Waals surface area contributed by atoms with Crippen LogP contribution in [0.4, 0.5) is 0 Å². The summed E-state index contributed by atoms with van der Waals surface area (Å²) in [5.74, 6) is 0. The third-order valence-electron chi connectivity index (χ3n) is 0.0956. The average Bonchev–Trinajstić information content (AvgIpc) is 1.41. The number of hydrogen-bond acceptors (Lipinski definition) is 2. The summed E-state index contributed by atoms with van der Waals surface area (Å²) in [6.45, 7) is 0.502. The second-order valence-corrected chi connectivity index (χ2v) is 1.27. The van der Waals surface area contributed by atoms with E-state index in [9.17, 15) is 0 Å². The maximum atomic E-state index is 7.63. The molecule has 0 aliphatic carbocycles. The predicted molar refractivity (Wildman–Crippen MR) is 23.8 cm³/mol. The van der Waals surface area contributed by atoms with Gasteiger partial charge in [-0.1, -0.05) is 0 Å². The van der Waals surface area contributed by atoms with Crippen molar-refractivity contribution in [3.05, 3.63) is 0 Å². The van der Waals surface area contributed by atoms with Crippen LogP contribution in [0.5, 0.6) is 0 Å². The van der Waals surface area contributed by atoms with E-state index >= 15 is 0 Å². The Morgan fingerprint density at radius 3 is 2.40 bits per heavy atom. The first-order valence-electron chi connectivity index (χ1n) is 0.880. The summed E-state index contributed by atoms with van der Waals surface area (Å²) in [6, 6.07) is 1.65. The Morgan fingerprint density at radius 1 is 1.80 bits per heavy atom. The van der Waals surface area contributed by atoms with Crippen LogP contribution in [0.15, 0.2) is 0 Å². The molecular formula is C2NPS. The minimum atomic E-state index is 0.502. The first-order chi connectivity index (χ1) is 2.41. The molecule has 0 saturated heterocycles. The minimum absolute atomic E-state index is 0.502. The molecule has 0 aromatic heterocycles. The summed E-state index contributed by atoms with van der Waals surface area (Å²) in [7, 11) is 0. The summed E-state index contributed by atoms with van der Waals surface area (Å²) >= 11 is 4.29. The molecule has 0 radical (unpaired) electrons. The molecule has 0 aliphatic rings. The number of nitriles is 1. The van der Waals surface area contributed by atoms with Crippen LogP contribution in [0.2, 0.25) is 0 Å². The molecule has 0 aromatic carbocycles. The van der Waals surface area contributed by atoms with Crippen LogP contribution in [0.25, 0.3) is 0 Å². The normalized spacial score (nSPS) is 3.80. The predicted octanol–water partition coefficient (Wildman–Crippen LogP) is 0.877. The third-order valence-corrected chi connectivity index (χ3v) is 0.561. The van der Waals surface area contributed by atoms with E-state index in [0.29, 0.717) is 6.81 Å². The summed E-state index contributed by atoms with van der Waals surface area (Å²) in [6.07, 6.45) is 0. The molecular weight excluding hydrogens is 101 g/mol. The molecule has 0 saturated carbocycles. The summed E-state index contributed by atoms with van der Waals surface area (Å²) in [5, 5.41) is 7.63. The van der Waals surface area contributed by atoms with Crippen LogP contribution in [0, 0.1) is 17.0 Å². The fraction of sp³-hybridized carbons (Fsp3) is 0. The van der Waals surface area contributed by atoms with Gasteiger partial charge in [-0.3, -0.25) is 0 Å². The molecule has 0 spiro atoms. The van der Waals surface area contributed by atoms with Crippen LogP contribution in [-0.4, -0.2) is 0 Å². The Labute approximate surface area is 36.4 Å². The Bertz CT molecular complexity index is 137. The molecule has 0 unspecified atom stereocenters. The first kappa shape index (κ1) is 4.92. The van der Waals surface area contributed by atoms with Gasteiger partial charge in [0.25, 0.3) is 0 Å². The molecule has 0 N–H and O–H groups in total. The standard InChI is InChI=1S/C2NPS/c3-1-2-4-5. The summed E-state index contributed by atoms with van der Waals surface area (Å²) in [4.78, 5) is 0. The number of rotatable bonds is 0. The van der Waals surface area contributed by atoms with Crippen molar-refractivity contribution in [3.8, 4) is 11.7 Å². The molecule has 0 heterocycles. The number of hydrogen-bond donors (Lipinski definition) is 0. The fourth-order valence-electron chi connectivity index (χ4n) is 0.0204. The van der Waals surface area contributed by atoms with E-state index in [1.165, 1.54) is 0 Å². The van der Waals surface area contributed by atoms with Crippen molar-refractivity contribution in [2.24, 2.45) is 0 Å². The van der Waals surface area contributed by atoms with Gasteiger partial charge >= 0.3 is 35.6 Å². The van der Waals surface area contributed by atoms with Gasteiger partial charge in [0.2, 0.25) is 0 Å². The molecule has 0 atom stereocenters. The monoisotopic (exact) mass is 101 g/mol. The van der Waals surface area contributed by atoms with E-state index < -0.39 is 0 Å². The second-order valence-electron chi connectivity index (χ2n) is 0.315. The Morgan fingerprint density at radius 2 is 2.40 bits per heavy atom. The molecule has 1 nitrogen and oxygen atoms in total. The second kappa shape index (κ2) is 3.92. The van der Waals surface area contributed by atoms with E-state index in [2.05, 4.69) is 17.4 Å². The van der Waals surface area contributed by atoms with Crippen molar-refractivity contribution in [1.82, 2.24) is 0 Å². The van der Waals surface area contributed by atoms with Crippen molar-refractivity contribution >= 4 is 18.6 Å². The number of nitrogens with zero attached hydrogens (tertiary/aromatic N) is 1. The van der Waals surface area contributed by atoms with E-state index in [0.717, 1.165) is 0 Å². The van der Waals surface area contributed by atoms with Crippen molar-refractivity contribution in [3.63, 3.8) is 0 Å². The van der Waals surface area contributed by atoms with Crippen molar-refractivity contribution in [1.29, 1.82) is 5.26 Å². The van der Waals surface area contributed by atoms with Gasteiger partial charge in [-0.15, -0.1) is 0 Å². The van der Waals surface area contributed by atoms with Gasteiger partial charge in [0.15, 0.2) is 0 Å². The molecule has 0 aliphatic heterocycles. The van der Waals surface area contributed by atoms with Crippen LogP contribution < -0.4 is 0 Å². The Kier molecular flexibility index (Phi) is 3.86. The van der Waals surface area contributed by atoms with E-state index in [1.807, 2.05) is 0 Å². The quantitative estimate of drug-likeness (QED) is 0.423. The van der Waals surface area contributed by atoms with Gasteiger partial charge in [-0.25, -0.2) is 0 Å². The maximum absolute atomic E-state index is 7.63. The zero-order valence-corrected chi connectivity index (χ0v) is 4.01. The van der Waals surface area contributed by atoms with Crippen LogP contribution in [0.1, 0.15) is 0 Å². The fourth-order valence-corrected chi connectivity index (χ4v) is 0.184. The topological polar surface area (TPSA) is 23.8 Å². The van der Waals surface area contributed by atoms with Crippen molar-refractivity contribution in [2.45, 2.75) is 0 Å². The molecule has 0 bridgehead atoms. The van der Waals surface area contributed by atoms with Gasteiger partial charge in [0.1, 0.15) is 0 Å². The average molecular weight is 101 g/mol. The van der Waals surface area contributed by atoms with Gasteiger partial charge < -0.3 is 0 Å². The summed E-state index contributed by atoms with van der Waals surface area (Å²) < 4.78 is 0. The van der Waals surface area contributed by atoms with Crippen molar-refractivity contribution in [2.75, 3.05) is 0 Å². The van der Waals surface area contributed by atoms with Crippen molar-refractivity contribution < 1.29 is 0 Å². The molecule has 0 amide bonds. The van der Waals surface area contributed by atoms with E-state index in [1.54, 1.807) is 6.07 Å². The third kappa shape index (κ3) is 3.92. The molecule has 3 heteroatoms. The first-order valence-corrected chi connectivity index (χ1v) is 2.79. The molecule has 5 heavy (non-hydrogen) atoms. The molecule has 0 fully saturated rings. The SMILES string of the molecule is N#CC#P=S. The zero-order chi connectivity index (χ0) is 4.12. The van der Waals surface area contributed by atoms with E-state index in [-0.39, 0.29) is 0 Å².